The van der Waals surface area contributed by atoms with Gasteiger partial charge in [0.25, 0.3) is 0 Å². The number of nitrogens with one attached hydrogen (secondary N) is 1. The summed E-state index contributed by atoms with van der Waals surface area (Å²) in [6, 6.07) is 2.89. The summed E-state index contributed by atoms with van der Waals surface area (Å²) >= 11 is 0. The number of carboxylic acid groups (broad SMARTS) is 1. The molecule has 0 spiro atoms. The molecule has 0 aliphatic rings. The molecule has 16 heavy (non-hydrogen) atoms. The Morgan fingerprint density at radius 2 is 2.31 bits per heavy atom. The zero-order chi connectivity index (χ0) is 13.9. The fraction of sp³-hybridized carbons (Fsp3) is 0.273. The first-order valence-corrected chi connectivity index (χ1v) is 4.50. The second-order valence-corrected chi connectivity index (χ2v) is 3.14. The highest BCUT2D eigenvalue weighted by Gasteiger charge is 2.18. The van der Waals surface area contributed by atoms with Crippen LogP contribution in [0.3, 0.4) is 0 Å². The number of phenolic OH excluding ortho intramolecular Hbond substituents is 1. The molecule has 0 radical (unpaired) electrons. The topological polar surface area (TPSA) is 86.6 Å². The Morgan fingerprint density at radius 1 is 1.62 bits per heavy atom. The number of benzene rings is 1. The van der Waals surface area contributed by atoms with Crippen molar-refractivity contribution in [2.45, 2.75) is 19.3 Å². The first kappa shape index (κ1) is 9.21. The highest BCUT2D eigenvalue weighted by atomic mass is 16.4. The number of hydrogen-bond donors (Lipinski definition) is 3. The van der Waals surface area contributed by atoms with Gasteiger partial charge in [0.1, 0.15) is 11.8 Å². The van der Waals surface area contributed by atoms with Gasteiger partial charge in [-0.05, 0) is 17.7 Å². The number of carbonyl (C=O) groups is 2. The van der Waals surface area contributed by atoms with Crippen molar-refractivity contribution in [3.63, 3.8) is 0 Å². The van der Waals surface area contributed by atoms with Crippen LogP contribution < -0.4 is 5.32 Å². The molecule has 2 atom stereocenters. The van der Waals surface area contributed by atoms with Gasteiger partial charge in [0, 0.05) is 14.7 Å². The van der Waals surface area contributed by atoms with Gasteiger partial charge >= 0.3 is 5.97 Å². The number of aromatic hydroxyl groups is 1. The largest absolute Gasteiger partial charge is 0.508 e. The van der Waals surface area contributed by atoms with Gasteiger partial charge in [-0.1, -0.05) is 12.1 Å². The van der Waals surface area contributed by atoms with Crippen LogP contribution in [0.5, 0.6) is 5.75 Å². The van der Waals surface area contributed by atoms with Crippen LogP contribution in [0.2, 0.25) is 0 Å². The van der Waals surface area contributed by atoms with Crippen molar-refractivity contribution in [2.24, 2.45) is 0 Å². The van der Waals surface area contributed by atoms with Gasteiger partial charge in [-0.3, -0.25) is 4.79 Å². The first-order chi connectivity index (χ1) is 8.27. The summed E-state index contributed by atoms with van der Waals surface area (Å²) in [5, 5.41) is 20.2. The molecule has 86 valence electrons. The summed E-state index contributed by atoms with van der Waals surface area (Å²) in [5.41, 5.74) is 0.126. The molecule has 1 rings (SSSR count). The van der Waals surface area contributed by atoms with Gasteiger partial charge in [0.05, 0.1) is 1.37 Å². The maximum atomic E-state index is 11.1. The standard InChI is InChI=1S/C11H13NO4/c1-7(13)12-10(11(15)16)6-8-3-2-4-9(14)5-8/h2-5,10,14H,6H2,1H3,(H,12,13)(H,15,16)/t10-/m0/s1/i6D,10D/t6?,10-. The molecule has 0 aliphatic carbocycles. The quantitative estimate of drug-likeness (QED) is 0.697. The zero-order valence-corrected chi connectivity index (χ0v) is 8.60. The van der Waals surface area contributed by atoms with Gasteiger partial charge in [-0.25, -0.2) is 4.79 Å². The van der Waals surface area contributed by atoms with Gasteiger partial charge < -0.3 is 15.5 Å². The van der Waals surface area contributed by atoms with E-state index in [-0.39, 0.29) is 11.3 Å². The minimum absolute atomic E-state index is 0.126. The Balaban J connectivity index is 3.14. The molecule has 5 heteroatoms. The summed E-state index contributed by atoms with van der Waals surface area (Å²) in [6.07, 6.45) is -1.56. The van der Waals surface area contributed by atoms with Crippen LogP contribution in [-0.2, 0) is 16.0 Å². The molecule has 0 heterocycles. The Hall–Kier alpha value is -2.04. The molecule has 0 saturated heterocycles. The van der Waals surface area contributed by atoms with Gasteiger partial charge in [0.2, 0.25) is 5.91 Å². The van der Waals surface area contributed by atoms with Gasteiger partial charge in [-0.15, -0.1) is 0 Å². The van der Waals surface area contributed by atoms with E-state index in [1.807, 2.05) is 5.32 Å². The van der Waals surface area contributed by atoms with E-state index >= 15 is 0 Å². The van der Waals surface area contributed by atoms with Crippen molar-refractivity contribution in [1.82, 2.24) is 5.32 Å². The van der Waals surface area contributed by atoms with Crippen LogP contribution >= 0.6 is 0 Å². The normalized spacial score (nSPS) is 17.6. The van der Waals surface area contributed by atoms with E-state index in [0.717, 1.165) is 6.92 Å². The number of hydrogen-bond acceptors (Lipinski definition) is 3. The predicted octanol–water partition coefficient (Wildman–Crippen LogP) is 0.524. The average Bonchev–Trinajstić information content (AvgIpc) is 2.26. The number of rotatable bonds is 4. The second-order valence-electron chi connectivity index (χ2n) is 3.14. The number of carbonyl (C=O) groups excluding carboxylic acids is 1. The maximum Gasteiger partial charge on any atom is 0.326 e. The predicted molar refractivity (Wildman–Crippen MR) is 57.1 cm³/mol. The molecular weight excluding hydrogens is 210 g/mol. The maximum absolute atomic E-state index is 11.1. The minimum atomic E-state index is -2.50. The Labute approximate surface area is 95.5 Å². The van der Waals surface area contributed by atoms with Crippen molar-refractivity contribution < 1.29 is 22.5 Å². The lowest BCUT2D eigenvalue weighted by Gasteiger charge is -2.13. The van der Waals surface area contributed by atoms with Crippen LogP contribution in [0.1, 0.15) is 15.2 Å². The highest BCUT2D eigenvalue weighted by molar-refractivity contribution is 5.82. The van der Waals surface area contributed by atoms with E-state index in [4.69, 9.17) is 7.85 Å². The Kier molecular flexibility index (Phi) is 2.97. The summed E-state index contributed by atoms with van der Waals surface area (Å²) in [4.78, 5) is 22.0. The lowest BCUT2D eigenvalue weighted by atomic mass is 10.1. The van der Waals surface area contributed by atoms with Crippen LogP contribution in [0.25, 0.3) is 0 Å². The third-order valence-corrected chi connectivity index (χ3v) is 1.72. The molecule has 1 aromatic carbocycles. The Bertz CT molecular complexity index is 480. The summed E-state index contributed by atoms with van der Waals surface area (Å²) in [7, 11) is 0. The molecule has 1 aromatic rings. The lowest BCUT2D eigenvalue weighted by Crippen LogP contribution is -2.41. The molecular formula is C11H13NO4. The molecule has 5 nitrogen and oxygen atoms in total. The molecule has 0 bridgehead atoms. The fourth-order valence-electron chi connectivity index (χ4n) is 1.12. The molecule has 1 amide bonds. The fourth-order valence-corrected chi connectivity index (χ4v) is 1.12. The third kappa shape index (κ3) is 3.61. The molecule has 0 fully saturated rings. The van der Waals surface area contributed by atoms with Gasteiger partial charge in [0.15, 0.2) is 0 Å². The first-order valence-electron chi connectivity index (χ1n) is 5.58. The van der Waals surface area contributed by atoms with E-state index in [0.29, 0.717) is 0 Å². The van der Waals surface area contributed by atoms with E-state index < -0.39 is 24.3 Å². The summed E-state index contributed by atoms with van der Waals surface area (Å²) in [5.74, 6) is -2.49. The SMILES string of the molecule is [2H]C(c1cccc(O)c1)[C@]([2H])(NC(C)=O)C(=O)O. The van der Waals surface area contributed by atoms with Crippen molar-refractivity contribution in [3.8, 4) is 5.75 Å². The number of aliphatic carboxylic acids is 1. The zero-order valence-electron chi connectivity index (χ0n) is 10.6. The van der Waals surface area contributed by atoms with Crippen LogP contribution in [0, 0.1) is 0 Å². The third-order valence-electron chi connectivity index (χ3n) is 1.72. The minimum Gasteiger partial charge on any atom is -0.508 e. The van der Waals surface area contributed by atoms with E-state index in [9.17, 15) is 14.7 Å². The van der Waals surface area contributed by atoms with Crippen molar-refractivity contribution in [3.05, 3.63) is 29.8 Å². The van der Waals surface area contributed by atoms with E-state index in [2.05, 4.69) is 0 Å². The van der Waals surface area contributed by atoms with Crippen molar-refractivity contribution in [2.75, 3.05) is 0 Å². The lowest BCUT2D eigenvalue weighted by molar-refractivity contribution is -0.141. The monoisotopic (exact) mass is 225 g/mol. The number of carboxylic acids is 1. The van der Waals surface area contributed by atoms with Crippen molar-refractivity contribution in [1.29, 1.82) is 0 Å². The average molecular weight is 225 g/mol. The highest BCUT2D eigenvalue weighted by Crippen LogP contribution is 2.12. The molecule has 0 aliphatic heterocycles. The molecule has 0 aromatic heterocycles. The van der Waals surface area contributed by atoms with Crippen LogP contribution in [0.15, 0.2) is 24.3 Å². The van der Waals surface area contributed by atoms with E-state index in [1.54, 1.807) is 0 Å². The smallest absolute Gasteiger partial charge is 0.326 e. The summed E-state index contributed by atoms with van der Waals surface area (Å²) in [6.45, 7) is 1.07. The van der Waals surface area contributed by atoms with Crippen LogP contribution in [0.4, 0.5) is 0 Å². The number of amides is 1. The Morgan fingerprint density at radius 3 is 2.81 bits per heavy atom. The van der Waals surface area contributed by atoms with Crippen molar-refractivity contribution >= 4 is 11.9 Å². The van der Waals surface area contributed by atoms with Gasteiger partial charge in [-0.2, -0.15) is 0 Å². The van der Waals surface area contributed by atoms with Crippen LogP contribution in [-0.4, -0.2) is 28.1 Å². The molecule has 3 N–H and O–H groups in total. The molecule has 1 unspecified atom stereocenters. The summed E-state index contributed by atoms with van der Waals surface area (Å²) < 4.78 is 15.5. The van der Waals surface area contributed by atoms with E-state index in [1.165, 1.54) is 24.3 Å². The second kappa shape index (κ2) is 5.16. The molecule has 0 saturated carbocycles. The number of phenols is 1.